The highest BCUT2D eigenvalue weighted by Crippen LogP contribution is 2.22. The third kappa shape index (κ3) is 4.04. The second kappa shape index (κ2) is 6.88. The molecule has 0 bridgehead atoms. The Labute approximate surface area is 131 Å². The Morgan fingerprint density at radius 2 is 2.05 bits per heavy atom. The van der Waals surface area contributed by atoms with Crippen LogP contribution in [0.5, 0.6) is 0 Å². The summed E-state index contributed by atoms with van der Waals surface area (Å²) in [5.41, 5.74) is 3.46. The summed E-state index contributed by atoms with van der Waals surface area (Å²) in [6.07, 6.45) is 5.34. The monoisotopic (exact) mass is 297 g/mol. The number of nitrogens with one attached hydrogen (secondary N) is 1. The molecule has 1 N–H and O–H groups in total. The zero-order valence-electron chi connectivity index (χ0n) is 13.1. The minimum absolute atomic E-state index is 0.0239. The third-order valence-corrected chi connectivity index (χ3v) is 4.41. The molecular weight excluding hydrogens is 274 g/mol. The Balaban J connectivity index is 1.50. The van der Waals surface area contributed by atoms with Gasteiger partial charge in [0.2, 0.25) is 5.56 Å². The molecule has 4 nitrogen and oxygen atoms in total. The lowest BCUT2D eigenvalue weighted by Gasteiger charge is -2.31. The van der Waals surface area contributed by atoms with Gasteiger partial charge in [0.05, 0.1) is 5.69 Å². The van der Waals surface area contributed by atoms with Crippen LogP contribution in [0.15, 0.2) is 41.3 Å². The molecule has 1 aliphatic heterocycles. The number of hydrogen-bond donors (Lipinski definition) is 1. The molecule has 0 aromatic carbocycles. The summed E-state index contributed by atoms with van der Waals surface area (Å²) in [6.45, 7) is 5.25. The smallest absolute Gasteiger partial charge is 0.247 e. The molecule has 0 amide bonds. The SMILES string of the molecule is Cc1cccc(CN2CCC(Cc3ccc(=O)[nH]c3)CC2)n1. The Morgan fingerprint density at radius 3 is 2.73 bits per heavy atom. The van der Waals surface area contributed by atoms with Crippen molar-refractivity contribution in [2.24, 2.45) is 5.92 Å². The molecule has 1 fully saturated rings. The van der Waals surface area contributed by atoms with E-state index in [1.165, 1.54) is 24.1 Å². The quantitative estimate of drug-likeness (QED) is 0.943. The fourth-order valence-corrected chi connectivity index (χ4v) is 3.17. The van der Waals surface area contributed by atoms with Gasteiger partial charge in [-0.05, 0) is 62.9 Å². The molecule has 0 spiro atoms. The van der Waals surface area contributed by atoms with Crippen LogP contribution in [0.1, 0.15) is 29.8 Å². The maximum atomic E-state index is 11.1. The Bertz CT molecular complexity index is 652. The van der Waals surface area contributed by atoms with Crippen molar-refractivity contribution < 1.29 is 0 Å². The number of pyridine rings is 2. The summed E-state index contributed by atoms with van der Waals surface area (Å²) in [6, 6.07) is 9.80. The van der Waals surface area contributed by atoms with E-state index in [-0.39, 0.29) is 5.56 Å². The number of H-pyrrole nitrogens is 1. The predicted octanol–water partition coefficient (Wildman–Crippen LogP) is 2.53. The van der Waals surface area contributed by atoms with Gasteiger partial charge < -0.3 is 4.98 Å². The van der Waals surface area contributed by atoms with Gasteiger partial charge in [-0.2, -0.15) is 0 Å². The fraction of sp³-hybridized carbons (Fsp3) is 0.444. The van der Waals surface area contributed by atoms with Gasteiger partial charge in [0, 0.05) is 24.5 Å². The van der Waals surface area contributed by atoms with Gasteiger partial charge in [-0.25, -0.2) is 0 Å². The number of rotatable bonds is 4. The lowest BCUT2D eigenvalue weighted by Crippen LogP contribution is -2.34. The van der Waals surface area contributed by atoms with Crippen molar-refractivity contribution in [2.75, 3.05) is 13.1 Å². The average molecular weight is 297 g/mol. The van der Waals surface area contributed by atoms with E-state index in [0.717, 1.165) is 31.7 Å². The number of nitrogens with zero attached hydrogens (tertiary/aromatic N) is 2. The number of aromatic amines is 1. The van der Waals surface area contributed by atoms with Crippen LogP contribution in [0.3, 0.4) is 0 Å². The van der Waals surface area contributed by atoms with Crippen LogP contribution in [-0.2, 0) is 13.0 Å². The van der Waals surface area contributed by atoms with Crippen molar-refractivity contribution in [1.29, 1.82) is 0 Å². The number of hydrogen-bond acceptors (Lipinski definition) is 3. The normalized spacial score (nSPS) is 16.8. The molecule has 116 valence electrons. The molecule has 0 saturated carbocycles. The van der Waals surface area contributed by atoms with Gasteiger partial charge in [-0.1, -0.05) is 12.1 Å². The first kappa shape index (κ1) is 15.0. The van der Waals surface area contributed by atoms with Crippen molar-refractivity contribution in [1.82, 2.24) is 14.9 Å². The molecule has 0 atom stereocenters. The minimum atomic E-state index is -0.0239. The highest BCUT2D eigenvalue weighted by atomic mass is 16.1. The van der Waals surface area contributed by atoms with Crippen LogP contribution in [-0.4, -0.2) is 28.0 Å². The lowest BCUT2D eigenvalue weighted by molar-refractivity contribution is 0.175. The van der Waals surface area contributed by atoms with Gasteiger partial charge in [-0.3, -0.25) is 14.7 Å². The van der Waals surface area contributed by atoms with Crippen molar-refractivity contribution in [2.45, 2.75) is 32.7 Å². The highest BCUT2D eigenvalue weighted by Gasteiger charge is 2.19. The second-order valence-corrected chi connectivity index (χ2v) is 6.26. The van der Waals surface area contributed by atoms with E-state index in [4.69, 9.17) is 0 Å². The summed E-state index contributed by atoms with van der Waals surface area (Å²) >= 11 is 0. The highest BCUT2D eigenvalue weighted by molar-refractivity contribution is 5.11. The second-order valence-electron chi connectivity index (χ2n) is 6.26. The number of aryl methyl sites for hydroxylation is 1. The van der Waals surface area contributed by atoms with Gasteiger partial charge in [0.1, 0.15) is 0 Å². The lowest BCUT2D eigenvalue weighted by atomic mass is 9.90. The molecule has 2 aromatic rings. The molecular formula is C18H23N3O. The zero-order valence-corrected chi connectivity index (χ0v) is 13.1. The van der Waals surface area contributed by atoms with Crippen LogP contribution in [0.4, 0.5) is 0 Å². The van der Waals surface area contributed by atoms with E-state index in [1.807, 2.05) is 25.3 Å². The first-order chi connectivity index (χ1) is 10.7. The molecule has 3 rings (SSSR count). The van der Waals surface area contributed by atoms with Gasteiger partial charge in [-0.15, -0.1) is 0 Å². The van der Waals surface area contributed by atoms with Crippen LogP contribution in [0.25, 0.3) is 0 Å². The minimum Gasteiger partial charge on any atom is -0.329 e. The van der Waals surface area contributed by atoms with Gasteiger partial charge in [0.15, 0.2) is 0 Å². The Hall–Kier alpha value is -1.94. The van der Waals surface area contributed by atoms with E-state index < -0.39 is 0 Å². The summed E-state index contributed by atoms with van der Waals surface area (Å²) in [5, 5.41) is 0. The Morgan fingerprint density at radius 1 is 1.23 bits per heavy atom. The molecule has 0 unspecified atom stereocenters. The van der Waals surface area contributed by atoms with Crippen LogP contribution in [0.2, 0.25) is 0 Å². The average Bonchev–Trinajstić information content (AvgIpc) is 2.52. The fourth-order valence-electron chi connectivity index (χ4n) is 3.17. The summed E-state index contributed by atoms with van der Waals surface area (Å²) in [7, 11) is 0. The number of piperidine rings is 1. The van der Waals surface area contributed by atoms with Crippen LogP contribution < -0.4 is 5.56 Å². The first-order valence-corrected chi connectivity index (χ1v) is 8.01. The van der Waals surface area contributed by atoms with E-state index in [0.29, 0.717) is 5.92 Å². The maximum absolute atomic E-state index is 11.1. The summed E-state index contributed by atoms with van der Waals surface area (Å²) < 4.78 is 0. The molecule has 4 heteroatoms. The van der Waals surface area contributed by atoms with Crippen molar-refractivity contribution >= 4 is 0 Å². The number of likely N-dealkylation sites (tertiary alicyclic amines) is 1. The largest absolute Gasteiger partial charge is 0.329 e. The van der Waals surface area contributed by atoms with Gasteiger partial charge >= 0.3 is 0 Å². The molecule has 1 saturated heterocycles. The third-order valence-electron chi connectivity index (χ3n) is 4.41. The molecule has 0 radical (unpaired) electrons. The number of aromatic nitrogens is 2. The Kier molecular flexibility index (Phi) is 4.68. The summed E-state index contributed by atoms with van der Waals surface area (Å²) in [4.78, 5) is 20.9. The van der Waals surface area contributed by atoms with Crippen molar-refractivity contribution in [3.8, 4) is 0 Å². The molecule has 22 heavy (non-hydrogen) atoms. The molecule has 2 aromatic heterocycles. The topological polar surface area (TPSA) is 49.0 Å². The van der Waals surface area contributed by atoms with Crippen LogP contribution in [0, 0.1) is 12.8 Å². The standard InChI is InChI=1S/C18H23N3O/c1-14-3-2-4-17(20-14)13-21-9-7-15(8-10-21)11-16-5-6-18(22)19-12-16/h2-6,12,15H,7-11,13H2,1H3,(H,19,22). The van der Waals surface area contributed by atoms with E-state index >= 15 is 0 Å². The molecule has 1 aliphatic rings. The first-order valence-electron chi connectivity index (χ1n) is 8.01. The van der Waals surface area contributed by atoms with Crippen LogP contribution >= 0.6 is 0 Å². The van der Waals surface area contributed by atoms with Gasteiger partial charge in [0.25, 0.3) is 0 Å². The maximum Gasteiger partial charge on any atom is 0.247 e. The summed E-state index contributed by atoms with van der Waals surface area (Å²) in [5.74, 6) is 0.715. The predicted molar refractivity (Wildman–Crippen MR) is 87.7 cm³/mol. The van der Waals surface area contributed by atoms with E-state index in [9.17, 15) is 4.79 Å². The van der Waals surface area contributed by atoms with Crippen molar-refractivity contribution in [3.63, 3.8) is 0 Å². The molecule has 0 aliphatic carbocycles. The van der Waals surface area contributed by atoms with E-state index in [2.05, 4.69) is 27.0 Å². The van der Waals surface area contributed by atoms with Crippen molar-refractivity contribution in [3.05, 3.63) is 63.8 Å². The molecule has 3 heterocycles. The van der Waals surface area contributed by atoms with E-state index in [1.54, 1.807) is 6.07 Å². The zero-order chi connectivity index (χ0) is 15.4.